The number of hydrogen-bond donors (Lipinski definition) is 2. The van der Waals surface area contributed by atoms with Crippen molar-refractivity contribution in [3.05, 3.63) is 60.7 Å². The minimum Gasteiger partial charge on any atom is -0.507 e. The number of esters is 2. The van der Waals surface area contributed by atoms with Crippen molar-refractivity contribution in [1.82, 2.24) is 15.0 Å². The number of aromatic hydroxyl groups is 2. The Morgan fingerprint density at radius 3 is 1.36 bits per heavy atom. The summed E-state index contributed by atoms with van der Waals surface area (Å²) in [6.45, 7) is 5.79. The van der Waals surface area contributed by atoms with E-state index in [1.165, 1.54) is 38.1 Å². The molecular weight excluding hydrogens is 843 g/mol. The van der Waals surface area contributed by atoms with Crippen molar-refractivity contribution in [3.8, 4) is 62.9 Å². The first-order chi connectivity index (χ1) is 25.8. The molecule has 2 atom stereocenters. The van der Waals surface area contributed by atoms with Crippen LogP contribution in [-0.2, 0) is 28.7 Å². The molecule has 14 nitrogen and oxygen atoms in total. The maximum atomic E-state index is 12.6. The van der Waals surface area contributed by atoms with E-state index < -0.39 is 18.2 Å². The molecule has 0 saturated heterocycles. The van der Waals surface area contributed by atoms with Gasteiger partial charge in [0.05, 0.1) is 24.2 Å². The van der Waals surface area contributed by atoms with E-state index in [9.17, 15) is 29.4 Å². The van der Waals surface area contributed by atoms with Crippen LogP contribution in [-0.4, -0.2) is 81.2 Å². The smallest absolute Gasteiger partial charge is 0.347 e. The second-order valence-corrected chi connectivity index (χ2v) is 13.0. The fourth-order valence-electron chi connectivity index (χ4n) is 5.83. The second kappa shape index (κ2) is 35.2. The molecule has 1 fully saturated rings. The molecule has 0 spiro atoms. The number of aromatic nitrogens is 3. The molecule has 3 aromatic carbocycles. The molecule has 0 amide bonds. The highest BCUT2D eigenvalue weighted by atomic mass is 16.6. The Hall–Kier alpha value is -6.05. The molecule has 0 radical (unpaired) electrons. The van der Waals surface area contributed by atoms with Crippen LogP contribution in [0.4, 0.5) is 0 Å². The van der Waals surface area contributed by atoms with Crippen LogP contribution < -0.4 is 14.2 Å². The number of nitrogens with zero attached hydrogens (tertiary/aromatic N) is 3. The molecule has 5 rings (SSSR count). The number of phenols is 2. The van der Waals surface area contributed by atoms with E-state index in [4.69, 9.17) is 23.7 Å². The third kappa shape index (κ3) is 20.0. The Morgan fingerprint density at radius 1 is 0.561 bits per heavy atom. The zero-order valence-electron chi connectivity index (χ0n) is 30.7. The molecule has 14 heteroatoms. The topological polar surface area (TPSA) is 194 Å². The Labute approximate surface area is 400 Å². The lowest BCUT2D eigenvalue weighted by Gasteiger charge is -2.25. The van der Waals surface area contributed by atoms with Gasteiger partial charge in [0.2, 0.25) is 0 Å². The van der Waals surface area contributed by atoms with Crippen LogP contribution in [0, 0.1) is 11.8 Å². The van der Waals surface area contributed by atoms with Gasteiger partial charge in [-0.05, 0) is 102 Å². The summed E-state index contributed by atoms with van der Waals surface area (Å²) in [5, 5.41) is 22.1. The molecule has 66 heavy (non-hydrogen) atoms. The van der Waals surface area contributed by atoms with Gasteiger partial charge in [-0.15, -0.1) is 0 Å². The van der Waals surface area contributed by atoms with E-state index in [-0.39, 0.29) is 183 Å². The van der Waals surface area contributed by atoms with Gasteiger partial charge in [-0.2, -0.15) is 0 Å². The van der Waals surface area contributed by atoms with Gasteiger partial charge in [0.1, 0.15) is 47.7 Å². The van der Waals surface area contributed by atoms with Gasteiger partial charge >= 0.3 is 11.9 Å². The first kappa shape index (κ1) is 77.2. The molecule has 380 valence electrons. The maximum Gasteiger partial charge on any atom is 0.347 e. The summed E-state index contributed by atoms with van der Waals surface area (Å²) >= 11 is 0. The van der Waals surface area contributed by atoms with Crippen LogP contribution in [0.15, 0.2) is 60.7 Å². The standard InChI is InChI=1S/C40H43N3O11.12CH4/c1-22(44)24(3)53-30-14-16-32(34(46)20-30)37-41-36(27-10-12-29(50-5)13-11-27)42-38(43-37)33-17-15-31(21-35(33)47)54-25(4)39(48)51-18-19-52-40(49)28-8-6-26(7-9-28)23(2)45;;;;;;;;;;;;/h10-17,20-21,24-26,28,46-47H,6-9,18-19H2,1-5H3;12*1H4. The number of ketones is 2. The van der Waals surface area contributed by atoms with Crippen molar-refractivity contribution in [2.24, 2.45) is 11.8 Å². The van der Waals surface area contributed by atoms with E-state index in [2.05, 4.69) is 15.0 Å². The van der Waals surface area contributed by atoms with Gasteiger partial charge in [0, 0.05) is 23.6 Å². The summed E-state index contributed by atoms with van der Waals surface area (Å²) in [5.74, 6) is -0.369. The number of Topliss-reactive ketones (excluding diaryl/α,β-unsaturated/α-hetero) is 2. The Kier molecular flexibility index (Phi) is 41.2. The van der Waals surface area contributed by atoms with Crippen molar-refractivity contribution < 1.29 is 53.1 Å². The fraction of sp³-hybridized carbons (Fsp3) is 0.519. The third-order valence-electron chi connectivity index (χ3n) is 9.14. The molecule has 1 saturated carbocycles. The highest BCUT2D eigenvalue weighted by molar-refractivity contribution is 5.81. The summed E-state index contributed by atoms with van der Waals surface area (Å²) in [6.07, 6.45) is 0.735. The first-order valence-electron chi connectivity index (χ1n) is 17.6. The lowest BCUT2D eigenvalue weighted by atomic mass is 9.80. The Bertz CT molecular complexity index is 2000. The SMILES string of the molecule is C.C.C.C.C.C.C.C.C.C.C.C.COc1ccc(-c2nc(-c3ccc(OC(C)C(C)=O)cc3O)nc(-c3ccc(OC(C)C(=O)OCCOC(=O)C4CCC(C(C)=O)CC4)cc3O)n2)cc1. The van der Waals surface area contributed by atoms with Gasteiger partial charge in [-0.3, -0.25) is 14.4 Å². The average molecular weight is 934 g/mol. The summed E-state index contributed by atoms with van der Waals surface area (Å²) in [7, 11) is 1.55. The number of benzene rings is 3. The van der Waals surface area contributed by atoms with Crippen molar-refractivity contribution in [2.45, 2.75) is 155 Å². The predicted octanol–water partition coefficient (Wildman–Crippen LogP) is 13.5. The van der Waals surface area contributed by atoms with E-state index in [0.717, 1.165) is 0 Å². The van der Waals surface area contributed by atoms with Gasteiger partial charge in [0.25, 0.3) is 0 Å². The van der Waals surface area contributed by atoms with E-state index >= 15 is 0 Å². The molecule has 1 heterocycles. The lowest BCUT2D eigenvalue weighted by Crippen LogP contribution is -2.29. The zero-order chi connectivity index (χ0) is 38.9. The normalized spacial score (nSPS) is 13.4. The third-order valence-corrected chi connectivity index (χ3v) is 9.14. The molecule has 1 aliphatic carbocycles. The Morgan fingerprint density at radius 2 is 0.955 bits per heavy atom. The summed E-state index contributed by atoms with van der Waals surface area (Å²) in [5.41, 5.74) is 1.06. The quantitative estimate of drug-likeness (QED) is 0.0844. The van der Waals surface area contributed by atoms with Crippen molar-refractivity contribution in [3.63, 3.8) is 0 Å². The molecule has 0 bridgehead atoms. The largest absolute Gasteiger partial charge is 0.507 e. The van der Waals surface area contributed by atoms with E-state index in [1.807, 2.05) is 0 Å². The van der Waals surface area contributed by atoms with E-state index in [0.29, 0.717) is 37.0 Å². The number of methoxy groups -OCH3 is 1. The lowest BCUT2D eigenvalue weighted by molar-refractivity contribution is -0.159. The Balaban J connectivity index is -0.000000467. The summed E-state index contributed by atoms with van der Waals surface area (Å²) in [6, 6.07) is 15.8. The molecular formula is C52H91N3O11. The van der Waals surface area contributed by atoms with Crippen LogP contribution >= 0.6 is 0 Å². The molecule has 1 aliphatic rings. The zero-order valence-corrected chi connectivity index (χ0v) is 30.7. The number of carbonyl (C=O) groups excluding carboxylic acids is 4. The minimum atomic E-state index is -1.06. The number of rotatable bonds is 15. The number of phenolic OH excluding ortho intramolecular Hbond substituents is 2. The summed E-state index contributed by atoms with van der Waals surface area (Å²) < 4.78 is 27.1. The van der Waals surface area contributed by atoms with Gasteiger partial charge in [-0.1, -0.05) is 89.1 Å². The first-order valence-corrected chi connectivity index (χ1v) is 17.6. The highest BCUT2D eigenvalue weighted by Crippen LogP contribution is 2.36. The molecule has 2 N–H and O–H groups in total. The number of hydrogen-bond acceptors (Lipinski definition) is 14. The summed E-state index contributed by atoms with van der Waals surface area (Å²) in [4.78, 5) is 62.0. The number of carbonyl (C=O) groups is 4. The molecule has 2 unspecified atom stereocenters. The van der Waals surface area contributed by atoms with Gasteiger partial charge < -0.3 is 33.9 Å². The van der Waals surface area contributed by atoms with Crippen molar-refractivity contribution in [1.29, 1.82) is 0 Å². The van der Waals surface area contributed by atoms with E-state index in [1.54, 1.807) is 57.4 Å². The van der Waals surface area contributed by atoms with Crippen molar-refractivity contribution in [2.75, 3.05) is 20.3 Å². The molecule has 1 aromatic heterocycles. The highest BCUT2D eigenvalue weighted by Gasteiger charge is 2.29. The number of ether oxygens (including phenoxy) is 5. The van der Waals surface area contributed by atoms with Gasteiger partial charge in [-0.25, -0.2) is 19.7 Å². The van der Waals surface area contributed by atoms with Crippen LogP contribution in [0.2, 0.25) is 0 Å². The molecule has 4 aromatic rings. The second-order valence-electron chi connectivity index (χ2n) is 13.0. The molecule has 0 aliphatic heterocycles. The monoisotopic (exact) mass is 934 g/mol. The predicted molar refractivity (Wildman–Crippen MR) is 276 cm³/mol. The fourth-order valence-corrected chi connectivity index (χ4v) is 5.83. The van der Waals surface area contributed by atoms with Crippen LogP contribution in [0.1, 0.15) is 142 Å². The van der Waals surface area contributed by atoms with Crippen LogP contribution in [0.25, 0.3) is 34.2 Å². The average Bonchev–Trinajstić information content (AvgIpc) is 3.16. The van der Waals surface area contributed by atoms with Gasteiger partial charge in [0.15, 0.2) is 35.5 Å². The maximum absolute atomic E-state index is 12.6. The van der Waals surface area contributed by atoms with Crippen LogP contribution in [0.3, 0.4) is 0 Å². The minimum absolute atomic E-state index is 0. The van der Waals surface area contributed by atoms with Crippen molar-refractivity contribution >= 4 is 23.5 Å². The van der Waals surface area contributed by atoms with Crippen LogP contribution in [0.5, 0.6) is 28.7 Å².